The molecule has 0 aromatic heterocycles. The molecule has 0 aliphatic rings. The molecule has 20 heavy (non-hydrogen) atoms. The molecule has 0 spiro atoms. The third-order valence-corrected chi connectivity index (χ3v) is 3.16. The van der Waals surface area contributed by atoms with Crippen LogP contribution in [0.4, 0.5) is 0 Å². The lowest BCUT2D eigenvalue weighted by Crippen LogP contribution is -2.03. The second-order valence-corrected chi connectivity index (χ2v) is 4.58. The van der Waals surface area contributed by atoms with Gasteiger partial charge in [-0.05, 0) is 29.7 Å². The van der Waals surface area contributed by atoms with Gasteiger partial charge >= 0.3 is 0 Å². The van der Waals surface area contributed by atoms with Gasteiger partial charge < -0.3 is 9.47 Å². The molecule has 0 heterocycles. The number of hydrogen-bond donors (Lipinski definition) is 0. The van der Waals surface area contributed by atoms with E-state index in [2.05, 4.69) is 18.7 Å². The summed E-state index contributed by atoms with van der Waals surface area (Å²) >= 11 is 0. The third-order valence-electron chi connectivity index (χ3n) is 3.16. The highest BCUT2D eigenvalue weighted by atomic mass is 16.5. The van der Waals surface area contributed by atoms with Crippen LogP contribution in [0.15, 0.2) is 67.3 Å². The van der Waals surface area contributed by atoms with Gasteiger partial charge in [-0.2, -0.15) is 0 Å². The van der Waals surface area contributed by atoms with Crippen LogP contribution in [0.2, 0.25) is 0 Å². The summed E-state index contributed by atoms with van der Waals surface area (Å²) in [6.45, 7) is 4.39. The number of methoxy groups -OCH3 is 1. The molecule has 0 N–H and O–H groups in total. The molecule has 1 unspecified atom stereocenters. The van der Waals surface area contributed by atoms with E-state index in [0.29, 0.717) is 6.61 Å². The molecule has 104 valence electrons. The Morgan fingerprint density at radius 3 is 2.35 bits per heavy atom. The Hall–Kier alpha value is -2.06. The lowest BCUT2D eigenvalue weighted by atomic mass is 10.1. The zero-order valence-electron chi connectivity index (χ0n) is 11.8. The van der Waals surface area contributed by atoms with Gasteiger partial charge in [0.2, 0.25) is 0 Å². The monoisotopic (exact) mass is 268 g/mol. The summed E-state index contributed by atoms with van der Waals surface area (Å²) in [6.07, 6.45) is 2.75. The fourth-order valence-corrected chi connectivity index (χ4v) is 2.04. The van der Waals surface area contributed by atoms with Crippen LogP contribution in [0.1, 0.15) is 23.7 Å². The van der Waals surface area contributed by atoms with Crippen LogP contribution in [0.25, 0.3) is 0 Å². The third kappa shape index (κ3) is 3.97. The van der Waals surface area contributed by atoms with Gasteiger partial charge in [0, 0.05) is 0 Å². The van der Waals surface area contributed by atoms with Crippen molar-refractivity contribution >= 4 is 0 Å². The van der Waals surface area contributed by atoms with Crippen LogP contribution in [0.3, 0.4) is 0 Å². The maximum absolute atomic E-state index is 6.02. The lowest BCUT2D eigenvalue weighted by Gasteiger charge is -2.17. The van der Waals surface area contributed by atoms with E-state index >= 15 is 0 Å². The second kappa shape index (κ2) is 7.51. The summed E-state index contributed by atoms with van der Waals surface area (Å²) in [6, 6.07) is 18.2. The van der Waals surface area contributed by atoms with Gasteiger partial charge in [0.25, 0.3) is 0 Å². The first-order chi connectivity index (χ1) is 9.83. The van der Waals surface area contributed by atoms with Crippen molar-refractivity contribution in [2.75, 3.05) is 7.11 Å². The normalized spacial score (nSPS) is 11.8. The maximum atomic E-state index is 6.02. The SMILES string of the molecule is C=CCC(OCc1ccc(OC)cc1)c1ccccc1. The van der Waals surface area contributed by atoms with Crippen molar-refractivity contribution in [2.24, 2.45) is 0 Å². The zero-order chi connectivity index (χ0) is 14.2. The van der Waals surface area contributed by atoms with Gasteiger partial charge in [0.15, 0.2) is 0 Å². The topological polar surface area (TPSA) is 18.5 Å². The Morgan fingerprint density at radius 1 is 1.05 bits per heavy atom. The van der Waals surface area contributed by atoms with Crippen LogP contribution in [0, 0.1) is 0 Å². The van der Waals surface area contributed by atoms with Gasteiger partial charge in [-0.3, -0.25) is 0 Å². The molecule has 0 aliphatic carbocycles. The smallest absolute Gasteiger partial charge is 0.118 e. The number of benzene rings is 2. The van der Waals surface area contributed by atoms with Gasteiger partial charge in [0.1, 0.15) is 5.75 Å². The van der Waals surface area contributed by atoms with Gasteiger partial charge in [-0.15, -0.1) is 6.58 Å². The molecule has 0 amide bonds. The minimum atomic E-state index is 0.0517. The Labute approximate surface area is 120 Å². The molecule has 2 nitrogen and oxygen atoms in total. The summed E-state index contributed by atoms with van der Waals surface area (Å²) in [5, 5.41) is 0. The zero-order valence-corrected chi connectivity index (χ0v) is 11.8. The second-order valence-electron chi connectivity index (χ2n) is 4.58. The average molecular weight is 268 g/mol. The van der Waals surface area contributed by atoms with Crippen molar-refractivity contribution in [1.82, 2.24) is 0 Å². The highest BCUT2D eigenvalue weighted by molar-refractivity contribution is 5.27. The highest BCUT2D eigenvalue weighted by Gasteiger charge is 2.10. The van der Waals surface area contributed by atoms with Gasteiger partial charge in [0.05, 0.1) is 19.8 Å². The predicted octanol–water partition coefficient (Wildman–Crippen LogP) is 4.53. The Kier molecular flexibility index (Phi) is 5.39. The molecule has 0 aliphatic heterocycles. The van der Waals surface area contributed by atoms with Gasteiger partial charge in [-0.1, -0.05) is 48.5 Å². The van der Waals surface area contributed by atoms with E-state index in [4.69, 9.17) is 9.47 Å². The minimum absolute atomic E-state index is 0.0517. The van der Waals surface area contributed by atoms with E-state index in [-0.39, 0.29) is 6.10 Å². The quantitative estimate of drug-likeness (QED) is 0.687. The van der Waals surface area contributed by atoms with Crippen molar-refractivity contribution < 1.29 is 9.47 Å². The standard InChI is InChI=1S/C18H20O2/c1-3-7-18(16-8-5-4-6-9-16)20-14-15-10-12-17(19-2)13-11-15/h3-6,8-13,18H,1,7,14H2,2H3. The van der Waals surface area contributed by atoms with Crippen LogP contribution >= 0.6 is 0 Å². The summed E-state index contributed by atoms with van der Waals surface area (Å²) < 4.78 is 11.2. The molecule has 2 aromatic rings. The maximum Gasteiger partial charge on any atom is 0.118 e. The molecule has 0 radical (unpaired) electrons. The first-order valence-corrected chi connectivity index (χ1v) is 6.74. The number of hydrogen-bond acceptors (Lipinski definition) is 2. The molecule has 2 heteroatoms. The summed E-state index contributed by atoms with van der Waals surface area (Å²) in [5.74, 6) is 0.861. The summed E-state index contributed by atoms with van der Waals surface area (Å²) in [5.41, 5.74) is 2.32. The highest BCUT2D eigenvalue weighted by Crippen LogP contribution is 2.23. The first kappa shape index (κ1) is 14.4. The molecule has 0 saturated heterocycles. The Bertz CT molecular complexity index is 517. The molecular formula is C18H20O2. The molecule has 0 bridgehead atoms. The van der Waals surface area contributed by atoms with E-state index in [9.17, 15) is 0 Å². The molecule has 1 atom stereocenters. The van der Waals surface area contributed by atoms with Crippen molar-refractivity contribution in [1.29, 1.82) is 0 Å². The van der Waals surface area contributed by atoms with Crippen LogP contribution in [-0.4, -0.2) is 7.11 Å². The molecule has 0 saturated carbocycles. The summed E-state index contributed by atoms with van der Waals surface area (Å²) in [4.78, 5) is 0. The molecule has 2 aromatic carbocycles. The summed E-state index contributed by atoms with van der Waals surface area (Å²) in [7, 11) is 1.67. The minimum Gasteiger partial charge on any atom is -0.497 e. The Balaban J connectivity index is 1.99. The average Bonchev–Trinajstić information content (AvgIpc) is 2.53. The van der Waals surface area contributed by atoms with Crippen molar-refractivity contribution in [3.63, 3.8) is 0 Å². The number of ether oxygens (including phenoxy) is 2. The first-order valence-electron chi connectivity index (χ1n) is 6.74. The van der Waals surface area contributed by atoms with E-state index in [1.165, 1.54) is 5.56 Å². The van der Waals surface area contributed by atoms with Crippen molar-refractivity contribution in [3.8, 4) is 5.75 Å². The molecule has 2 rings (SSSR count). The number of rotatable bonds is 7. The molecule has 0 fully saturated rings. The largest absolute Gasteiger partial charge is 0.497 e. The fourth-order valence-electron chi connectivity index (χ4n) is 2.04. The predicted molar refractivity (Wildman–Crippen MR) is 81.8 cm³/mol. The van der Waals surface area contributed by atoms with Gasteiger partial charge in [-0.25, -0.2) is 0 Å². The van der Waals surface area contributed by atoms with Crippen LogP contribution in [0.5, 0.6) is 5.75 Å². The Morgan fingerprint density at radius 2 is 1.75 bits per heavy atom. The van der Waals surface area contributed by atoms with Crippen LogP contribution < -0.4 is 4.74 Å². The van der Waals surface area contributed by atoms with Crippen molar-refractivity contribution in [3.05, 3.63) is 78.4 Å². The van der Waals surface area contributed by atoms with E-state index in [1.54, 1.807) is 7.11 Å². The fraction of sp³-hybridized carbons (Fsp3) is 0.222. The molecular weight excluding hydrogens is 248 g/mol. The van der Waals surface area contributed by atoms with Crippen LogP contribution in [-0.2, 0) is 11.3 Å². The van der Waals surface area contributed by atoms with E-state index in [1.807, 2.05) is 48.5 Å². The van der Waals surface area contributed by atoms with Crippen molar-refractivity contribution in [2.45, 2.75) is 19.1 Å². The lowest BCUT2D eigenvalue weighted by molar-refractivity contribution is 0.0417. The van der Waals surface area contributed by atoms with E-state index < -0.39 is 0 Å². The van der Waals surface area contributed by atoms with E-state index in [0.717, 1.165) is 17.7 Å².